The van der Waals surface area contributed by atoms with Crippen LogP contribution in [-0.4, -0.2) is 15.7 Å². The smallest absolute Gasteiger partial charge is 0.340 e. The lowest BCUT2D eigenvalue weighted by Gasteiger charge is -2.21. The van der Waals surface area contributed by atoms with Crippen molar-refractivity contribution >= 4 is 34.4 Å². The van der Waals surface area contributed by atoms with Gasteiger partial charge in [-0.1, -0.05) is 17.7 Å². The topological polar surface area (TPSA) is 64.2 Å². The number of anilines is 1. The van der Waals surface area contributed by atoms with E-state index >= 15 is 0 Å². The number of fused-ring (bicyclic) bond motifs is 1. The number of pyridine rings is 1. The van der Waals surface area contributed by atoms with Crippen molar-refractivity contribution in [3.63, 3.8) is 0 Å². The Morgan fingerprint density at radius 3 is 2.80 bits per heavy atom. The van der Waals surface area contributed by atoms with E-state index in [1.165, 1.54) is 5.01 Å². The first-order valence-electron chi connectivity index (χ1n) is 5.94. The molecule has 0 unspecified atom stereocenters. The first-order chi connectivity index (χ1) is 9.66. The van der Waals surface area contributed by atoms with Crippen LogP contribution in [0.4, 0.5) is 10.6 Å². The largest absolute Gasteiger partial charge is 0.350 e. The average Bonchev–Trinajstić information content (AvgIpc) is 2.83. The molecule has 0 atom stereocenters. The van der Waals surface area contributed by atoms with Gasteiger partial charge in [0, 0.05) is 22.8 Å². The van der Waals surface area contributed by atoms with Crippen LogP contribution in [0.25, 0.3) is 10.9 Å². The molecule has 2 heterocycles. The van der Waals surface area contributed by atoms with Crippen molar-refractivity contribution < 1.29 is 4.79 Å². The standard InChI is InChI=1S/C14H11ClN4O/c15-11-4-5-12-10(9-11)6-8-18(12)19(14(16)20)13-3-1-2-7-17-13/h1-9H,(H2,16,20). The van der Waals surface area contributed by atoms with Crippen LogP contribution < -0.4 is 10.7 Å². The van der Waals surface area contributed by atoms with Crippen molar-refractivity contribution in [2.45, 2.75) is 0 Å². The zero-order valence-electron chi connectivity index (χ0n) is 10.4. The number of primary amides is 1. The summed E-state index contributed by atoms with van der Waals surface area (Å²) in [5.74, 6) is 0.451. The number of aromatic nitrogens is 2. The normalized spacial score (nSPS) is 10.7. The van der Waals surface area contributed by atoms with Gasteiger partial charge < -0.3 is 5.73 Å². The summed E-state index contributed by atoms with van der Waals surface area (Å²) in [5.41, 5.74) is 6.30. The van der Waals surface area contributed by atoms with Gasteiger partial charge in [0.1, 0.15) is 0 Å². The van der Waals surface area contributed by atoms with Crippen LogP contribution in [0, 0.1) is 0 Å². The second-order valence-electron chi connectivity index (χ2n) is 4.20. The lowest BCUT2D eigenvalue weighted by Crippen LogP contribution is -2.40. The summed E-state index contributed by atoms with van der Waals surface area (Å²) in [6.45, 7) is 0. The van der Waals surface area contributed by atoms with E-state index < -0.39 is 6.03 Å². The minimum Gasteiger partial charge on any atom is -0.350 e. The lowest BCUT2D eigenvalue weighted by molar-refractivity contribution is 0.252. The molecular weight excluding hydrogens is 276 g/mol. The van der Waals surface area contributed by atoms with Crippen molar-refractivity contribution in [2.24, 2.45) is 5.73 Å². The number of urea groups is 1. The highest BCUT2D eigenvalue weighted by Crippen LogP contribution is 2.23. The van der Waals surface area contributed by atoms with E-state index in [0.717, 1.165) is 10.9 Å². The number of hydrogen-bond donors (Lipinski definition) is 1. The SMILES string of the molecule is NC(=O)N(c1ccccn1)n1ccc2cc(Cl)ccc21. The number of rotatable bonds is 2. The van der Waals surface area contributed by atoms with Gasteiger partial charge in [0.15, 0.2) is 5.82 Å². The molecular formula is C14H11ClN4O. The fraction of sp³-hybridized carbons (Fsp3) is 0. The molecule has 6 heteroatoms. The number of benzene rings is 1. The summed E-state index contributed by atoms with van der Waals surface area (Å²) in [6.07, 6.45) is 3.36. The van der Waals surface area contributed by atoms with E-state index in [1.807, 2.05) is 18.2 Å². The second-order valence-corrected chi connectivity index (χ2v) is 4.64. The number of hydrogen-bond acceptors (Lipinski definition) is 2. The average molecular weight is 287 g/mol. The molecule has 2 aromatic heterocycles. The molecule has 3 rings (SSSR count). The number of nitrogens with zero attached hydrogens (tertiary/aromatic N) is 3. The first kappa shape index (κ1) is 12.5. The van der Waals surface area contributed by atoms with Crippen LogP contribution >= 0.6 is 11.6 Å². The van der Waals surface area contributed by atoms with Gasteiger partial charge in [-0.25, -0.2) is 9.78 Å². The maximum atomic E-state index is 11.8. The molecule has 0 aliphatic heterocycles. The molecule has 0 aliphatic carbocycles. The van der Waals surface area contributed by atoms with Crippen molar-refractivity contribution in [3.8, 4) is 0 Å². The monoisotopic (exact) mass is 286 g/mol. The van der Waals surface area contributed by atoms with Crippen LogP contribution in [0.3, 0.4) is 0 Å². The van der Waals surface area contributed by atoms with Crippen molar-refractivity contribution in [2.75, 3.05) is 5.01 Å². The van der Waals surface area contributed by atoms with Gasteiger partial charge in [0.05, 0.1) is 5.52 Å². The lowest BCUT2D eigenvalue weighted by atomic mass is 10.2. The summed E-state index contributed by atoms with van der Waals surface area (Å²) in [7, 11) is 0. The molecule has 0 spiro atoms. The van der Waals surface area contributed by atoms with Gasteiger partial charge in [-0.05, 0) is 36.4 Å². The van der Waals surface area contributed by atoms with Crippen molar-refractivity contribution in [3.05, 3.63) is 59.9 Å². The van der Waals surface area contributed by atoms with Crippen LogP contribution in [0.15, 0.2) is 54.9 Å². The number of carbonyl (C=O) groups excluding carboxylic acids is 1. The molecule has 0 aliphatic rings. The Labute approximate surface area is 120 Å². The molecule has 2 N–H and O–H groups in total. The van der Waals surface area contributed by atoms with E-state index in [9.17, 15) is 4.79 Å². The van der Waals surface area contributed by atoms with E-state index in [0.29, 0.717) is 10.8 Å². The Morgan fingerprint density at radius 2 is 2.10 bits per heavy atom. The predicted molar refractivity (Wildman–Crippen MR) is 78.6 cm³/mol. The molecule has 0 fully saturated rings. The van der Waals surface area contributed by atoms with Gasteiger partial charge in [0.2, 0.25) is 0 Å². The maximum absolute atomic E-state index is 11.8. The molecule has 3 aromatic rings. The third kappa shape index (κ3) is 2.08. The fourth-order valence-electron chi connectivity index (χ4n) is 2.08. The van der Waals surface area contributed by atoms with Gasteiger partial charge in [-0.15, -0.1) is 0 Å². The second kappa shape index (κ2) is 4.86. The number of nitrogens with two attached hydrogens (primary N) is 1. The van der Waals surface area contributed by atoms with E-state index in [1.54, 1.807) is 41.3 Å². The first-order valence-corrected chi connectivity index (χ1v) is 6.32. The van der Waals surface area contributed by atoms with Crippen molar-refractivity contribution in [1.82, 2.24) is 9.66 Å². The third-order valence-electron chi connectivity index (χ3n) is 2.92. The Hall–Kier alpha value is -2.53. The van der Waals surface area contributed by atoms with Crippen LogP contribution in [0.1, 0.15) is 0 Å². The van der Waals surface area contributed by atoms with Crippen LogP contribution in [-0.2, 0) is 0 Å². The highest BCUT2D eigenvalue weighted by atomic mass is 35.5. The summed E-state index contributed by atoms with van der Waals surface area (Å²) >= 11 is 5.96. The Kier molecular flexibility index (Phi) is 3.04. The predicted octanol–water partition coefficient (Wildman–Crippen LogP) is 3.04. The molecule has 2 amide bonds. The minimum absolute atomic E-state index is 0.451. The molecule has 20 heavy (non-hydrogen) atoms. The fourth-order valence-corrected chi connectivity index (χ4v) is 2.26. The summed E-state index contributed by atoms with van der Waals surface area (Å²) in [4.78, 5) is 15.9. The number of carbonyl (C=O) groups is 1. The van der Waals surface area contributed by atoms with Crippen LogP contribution in [0.5, 0.6) is 0 Å². The summed E-state index contributed by atoms with van der Waals surface area (Å²) in [5, 5.41) is 2.86. The van der Waals surface area contributed by atoms with Gasteiger partial charge in [-0.3, -0.25) is 4.68 Å². The van der Waals surface area contributed by atoms with Gasteiger partial charge in [0.25, 0.3) is 0 Å². The molecule has 0 saturated heterocycles. The number of halogens is 1. The Morgan fingerprint density at radius 1 is 1.25 bits per heavy atom. The minimum atomic E-state index is -0.615. The Bertz CT molecular complexity index is 769. The van der Waals surface area contributed by atoms with E-state index in [4.69, 9.17) is 17.3 Å². The zero-order valence-corrected chi connectivity index (χ0v) is 11.2. The van der Waals surface area contributed by atoms with E-state index in [-0.39, 0.29) is 0 Å². The summed E-state index contributed by atoms with van der Waals surface area (Å²) < 4.78 is 1.65. The van der Waals surface area contributed by atoms with Crippen molar-refractivity contribution in [1.29, 1.82) is 0 Å². The molecule has 0 bridgehead atoms. The summed E-state index contributed by atoms with van der Waals surface area (Å²) in [6, 6.07) is 11.9. The molecule has 0 saturated carbocycles. The van der Waals surface area contributed by atoms with Gasteiger partial charge in [-0.2, -0.15) is 5.01 Å². The molecule has 5 nitrogen and oxygen atoms in total. The molecule has 100 valence electrons. The highest BCUT2D eigenvalue weighted by molar-refractivity contribution is 6.31. The zero-order chi connectivity index (χ0) is 14.1. The van der Waals surface area contributed by atoms with Gasteiger partial charge >= 0.3 is 6.03 Å². The number of amides is 2. The van der Waals surface area contributed by atoms with Crippen LogP contribution in [0.2, 0.25) is 5.02 Å². The Balaban J connectivity index is 2.18. The molecule has 0 radical (unpaired) electrons. The highest BCUT2D eigenvalue weighted by Gasteiger charge is 2.17. The van der Waals surface area contributed by atoms with E-state index in [2.05, 4.69) is 4.98 Å². The molecule has 1 aromatic carbocycles. The maximum Gasteiger partial charge on any atom is 0.340 e. The third-order valence-corrected chi connectivity index (χ3v) is 3.16. The quantitative estimate of drug-likeness (QED) is 0.787.